The lowest BCUT2D eigenvalue weighted by Gasteiger charge is -2.29. The van der Waals surface area contributed by atoms with E-state index in [1.54, 1.807) is 81.2 Å². The van der Waals surface area contributed by atoms with Gasteiger partial charge in [0.25, 0.3) is 0 Å². The maximum Gasteiger partial charge on any atom is 0.328 e. The number of aliphatic carboxylic acids is 1. The molecule has 0 radical (unpaired) electrons. The van der Waals surface area contributed by atoms with Crippen molar-refractivity contribution in [2.45, 2.75) is 124 Å². The number of aryl methyl sites for hydroxylation is 4. The van der Waals surface area contributed by atoms with E-state index in [2.05, 4.69) is 28.9 Å². The predicted octanol–water partition coefficient (Wildman–Crippen LogP) is 13.1. The smallest absolute Gasteiger partial charge is 0.328 e. The topological polar surface area (TPSA) is 190 Å². The van der Waals surface area contributed by atoms with Crippen molar-refractivity contribution in [1.82, 2.24) is 15.5 Å². The highest BCUT2D eigenvalue weighted by atomic mass is 16.5. The van der Waals surface area contributed by atoms with Crippen LogP contribution in [0.25, 0.3) is 24.3 Å². The monoisotopic (exact) mass is 1210 g/mol. The van der Waals surface area contributed by atoms with E-state index in [0.29, 0.717) is 12.3 Å². The fraction of sp³-hybridized carbons (Fsp3) is 0.389. The van der Waals surface area contributed by atoms with Gasteiger partial charge in [0, 0.05) is 49.0 Å². The molecule has 16 nitrogen and oxygen atoms in total. The van der Waals surface area contributed by atoms with Gasteiger partial charge in [-0.25, -0.2) is 4.79 Å². The van der Waals surface area contributed by atoms with Crippen LogP contribution in [-0.2, 0) is 44.9 Å². The molecule has 3 amide bonds. The Bertz CT molecular complexity index is 3330. The van der Waals surface area contributed by atoms with E-state index >= 15 is 0 Å². The molecule has 4 aromatic rings. The third kappa shape index (κ3) is 20.6. The van der Waals surface area contributed by atoms with Crippen LogP contribution in [0.15, 0.2) is 119 Å². The third-order valence-corrected chi connectivity index (χ3v) is 14.8. The number of nitrogens with zero attached hydrogens (tertiary/aromatic N) is 1. The number of methoxy groups -OCH3 is 8. The molecule has 4 aliphatic carbocycles. The molecule has 0 spiro atoms. The van der Waals surface area contributed by atoms with Crippen molar-refractivity contribution in [2.24, 2.45) is 0 Å². The van der Waals surface area contributed by atoms with E-state index < -0.39 is 5.97 Å². The normalized spacial score (nSPS) is 13.8. The molecule has 472 valence electrons. The molecule has 0 heterocycles. The lowest BCUT2D eigenvalue weighted by Crippen LogP contribution is -2.41. The lowest BCUT2D eigenvalue weighted by atomic mass is 9.91. The van der Waals surface area contributed by atoms with Crippen molar-refractivity contribution in [3.63, 3.8) is 0 Å². The van der Waals surface area contributed by atoms with E-state index in [0.717, 1.165) is 149 Å². The van der Waals surface area contributed by atoms with Crippen molar-refractivity contribution >= 4 is 48.0 Å². The average Bonchev–Trinajstić information content (AvgIpc) is 1.35. The van der Waals surface area contributed by atoms with Crippen LogP contribution < -0.4 is 48.5 Å². The number of carboxylic acid groups (broad SMARTS) is 1. The molecule has 16 heteroatoms. The number of carboxylic acids is 1. The summed E-state index contributed by atoms with van der Waals surface area (Å²) in [7, 11) is 13.1. The first kappa shape index (κ1) is 69.8. The molecule has 0 fully saturated rings. The van der Waals surface area contributed by atoms with Crippen molar-refractivity contribution in [2.75, 3.05) is 63.4 Å². The van der Waals surface area contributed by atoms with Crippen molar-refractivity contribution in [1.29, 1.82) is 0 Å². The first-order valence-electron chi connectivity index (χ1n) is 29.9. The summed E-state index contributed by atoms with van der Waals surface area (Å²) in [5.74, 6) is 4.87. The van der Waals surface area contributed by atoms with Gasteiger partial charge in [-0.15, -0.1) is 0 Å². The second-order valence-corrected chi connectivity index (χ2v) is 22.1. The maximum absolute atomic E-state index is 12.5. The Morgan fingerprint density at radius 1 is 0.432 bits per heavy atom. The standard InChI is InChI=1S/C21H29NO3.2C18H23NO3.C15H16O4/c1-14(2)22(15(3)4)21(23)10-8-16-7-9-17-12-19(24-5)20(25-6)13-18(17)11-16;1-12(2)19-18(20)8-6-13-5-7-14-10-16(21-3)17(22-4)11-15(14)9-13;1-4-9-19-18(20)8-6-13-5-7-14-11-16(21-2)17(22-3)12-15(14)10-13;1-18-13-8-11-5-3-10(4-6-15(16)17)7-12(11)9-14(13)19-2/h8,10-15H,7,9H2,1-6H3;6,8-12H,5,7H2,1-4H3,(H,19,20);6,8,10-12H,4-5,7,9H2,1-3H3,(H,19,20);4,6-9H,3,5H2,1-2H3,(H,16,17). The molecule has 0 saturated heterocycles. The number of hydrogen-bond acceptors (Lipinski definition) is 12. The molecule has 8 rings (SSSR count). The van der Waals surface area contributed by atoms with E-state index in [4.69, 9.17) is 43.0 Å². The van der Waals surface area contributed by atoms with Gasteiger partial charge in [-0.3, -0.25) is 14.4 Å². The second-order valence-electron chi connectivity index (χ2n) is 22.1. The van der Waals surface area contributed by atoms with Crippen LogP contribution in [0.5, 0.6) is 46.0 Å². The van der Waals surface area contributed by atoms with Crippen molar-refractivity contribution in [3.8, 4) is 46.0 Å². The minimum atomic E-state index is -0.931. The van der Waals surface area contributed by atoms with Gasteiger partial charge >= 0.3 is 5.97 Å². The van der Waals surface area contributed by atoms with Crippen LogP contribution in [0.3, 0.4) is 0 Å². The van der Waals surface area contributed by atoms with Gasteiger partial charge in [0.05, 0.1) is 56.9 Å². The van der Waals surface area contributed by atoms with Crippen LogP contribution in [0.1, 0.15) is 125 Å². The zero-order valence-electron chi connectivity index (χ0n) is 54.1. The zero-order valence-corrected chi connectivity index (χ0v) is 54.1. The maximum atomic E-state index is 12.5. The lowest BCUT2D eigenvalue weighted by molar-refractivity contribution is -0.131. The quantitative estimate of drug-likeness (QED) is 0.0669. The fourth-order valence-corrected chi connectivity index (χ4v) is 10.4. The summed E-state index contributed by atoms with van der Waals surface area (Å²) < 4.78 is 42.6. The Morgan fingerprint density at radius 3 is 0.989 bits per heavy atom. The summed E-state index contributed by atoms with van der Waals surface area (Å²) >= 11 is 0. The Hall–Kier alpha value is -8.92. The summed E-state index contributed by atoms with van der Waals surface area (Å²) in [5, 5.41) is 14.3. The Balaban J connectivity index is 0.000000215. The van der Waals surface area contributed by atoms with Gasteiger partial charge in [0.2, 0.25) is 17.7 Å². The molecule has 0 aliphatic heterocycles. The van der Waals surface area contributed by atoms with E-state index in [1.165, 1.54) is 22.3 Å². The number of carbonyl (C=O) groups excluding carboxylic acids is 3. The number of rotatable bonds is 21. The number of benzene rings is 4. The Morgan fingerprint density at radius 2 is 0.716 bits per heavy atom. The highest BCUT2D eigenvalue weighted by Gasteiger charge is 2.21. The number of allylic oxidation sites excluding steroid dienone is 8. The number of hydrogen-bond donors (Lipinski definition) is 3. The van der Waals surface area contributed by atoms with Gasteiger partial charge in [-0.2, -0.15) is 0 Å². The first-order valence-corrected chi connectivity index (χ1v) is 29.9. The Labute approximate surface area is 521 Å². The fourth-order valence-electron chi connectivity index (χ4n) is 10.4. The minimum Gasteiger partial charge on any atom is -0.493 e. The molecule has 0 saturated carbocycles. The number of fused-ring (bicyclic) bond motifs is 4. The van der Waals surface area contributed by atoms with Crippen LogP contribution in [-0.4, -0.2) is 115 Å². The van der Waals surface area contributed by atoms with Crippen molar-refractivity contribution < 1.29 is 62.2 Å². The molecule has 0 aromatic heterocycles. The summed E-state index contributed by atoms with van der Waals surface area (Å²) in [5.41, 5.74) is 13.8. The van der Waals surface area contributed by atoms with Crippen LogP contribution in [0.2, 0.25) is 0 Å². The molecule has 0 bridgehead atoms. The predicted molar refractivity (Wildman–Crippen MR) is 351 cm³/mol. The summed E-state index contributed by atoms with van der Waals surface area (Å²) in [6.45, 7) is 14.8. The molecular formula is C72H91N3O13. The number of ether oxygens (including phenoxy) is 8. The van der Waals surface area contributed by atoms with Gasteiger partial charge in [0.15, 0.2) is 46.0 Å². The molecule has 88 heavy (non-hydrogen) atoms. The van der Waals surface area contributed by atoms with E-state index in [9.17, 15) is 19.2 Å². The van der Waals surface area contributed by atoms with E-state index in [-0.39, 0.29) is 35.8 Å². The minimum absolute atomic E-state index is 0.0409. The zero-order chi connectivity index (χ0) is 64.5. The molecule has 0 atom stereocenters. The molecule has 0 unspecified atom stereocenters. The van der Waals surface area contributed by atoms with Crippen LogP contribution >= 0.6 is 0 Å². The average molecular weight is 1210 g/mol. The second kappa shape index (κ2) is 35.0. The molecule has 3 N–H and O–H groups in total. The largest absolute Gasteiger partial charge is 0.493 e. The summed E-state index contributed by atoms with van der Waals surface area (Å²) in [6, 6.07) is 16.5. The molecular weight excluding hydrogens is 1110 g/mol. The number of carbonyl (C=O) groups is 4. The van der Waals surface area contributed by atoms with Gasteiger partial charge < -0.3 is 58.5 Å². The number of nitrogens with one attached hydrogen (secondary N) is 2. The van der Waals surface area contributed by atoms with Gasteiger partial charge in [-0.05, 0) is 215 Å². The third-order valence-electron chi connectivity index (χ3n) is 14.8. The van der Waals surface area contributed by atoms with Crippen molar-refractivity contribution in [3.05, 3.63) is 164 Å². The summed E-state index contributed by atoms with van der Waals surface area (Å²) in [4.78, 5) is 48.2. The Kier molecular flexibility index (Phi) is 27.8. The number of amides is 3. The van der Waals surface area contributed by atoms with Gasteiger partial charge in [-0.1, -0.05) is 55.5 Å². The van der Waals surface area contributed by atoms with Crippen LogP contribution in [0, 0.1) is 0 Å². The van der Waals surface area contributed by atoms with E-state index in [1.807, 2.05) is 126 Å². The highest BCUT2D eigenvalue weighted by Crippen LogP contribution is 2.39. The SMILES string of the molecule is CCCNC(=O)C=CC1=Cc2cc(OC)c(OC)cc2CC1.COc1cc2c(cc1OC)CCC(C=CC(=O)N(C(C)C)C(C)C)=C2.COc1cc2c(cc1OC)CCC(C=CC(=O)NC(C)C)=C2.COc1cc2c(cc1OC)CCC(C=CC(=O)O)=C2. The first-order chi connectivity index (χ1) is 42.2. The highest BCUT2D eigenvalue weighted by molar-refractivity contribution is 5.90. The van der Waals surface area contributed by atoms with Gasteiger partial charge in [0.1, 0.15) is 0 Å². The summed E-state index contributed by atoms with van der Waals surface area (Å²) in [6.07, 6.45) is 29.9. The molecule has 4 aliphatic rings. The molecule has 4 aromatic carbocycles. The van der Waals surface area contributed by atoms with Crippen LogP contribution in [0.4, 0.5) is 0 Å².